The second-order valence-corrected chi connectivity index (χ2v) is 11.0. The summed E-state index contributed by atoms with van der Waals surface area (Å²) in [4.78, 5) is 25.0. The zero-order valence-corrected chi connectivity index (χ0v) is 23.1. The summed E-state index contributed by atoms with van der Waals surface area (Å²) in [5.41, 5.74) is 4.20. The number of aliphatic carboxylic acids is 1. The summed E-state index contributed by atoms with van der Waals surface area (Å²) < 4.78 is 11.8. The smallest absolute Gasteiger partial charge is 0.326 e. The number of carboxylic acid groups (broad SMARTS) is 1. The van der Waals surface area contributed by atoms with E-state index in [-0.39, 0.29) is 12.0 Å². The fraction of sp³-hybridized carbons (Fsp3) is 0.533. The summed E-state index contributed by atoms with van der Waals surface area (Å²) in [5.74, 6) is -0.0571. The first-order chi connectivity index (χ1) is 17.9. The molecule has 0 spiro atoms. The molecule has 1 aliphatic carbocycles. The van der Waals surface area contributed by atoms with Crippen LogP contribution in [0.2, 0.25) is 0 Å². The lowest BCUT2D eigenvalue weighted by atomic mass is 9.85. The second-order valence-electron chi connectivity index (χ2n) is 9.97. The molecular weight excluding hydrogens is 486 g/mol. The fourth-order valence-electron chi connectivity index (χ4n) is 5.08. The number of rotatable bonds is 14. The maximum Gasteiger partial charge on any atom is 0.326 e. The molecule has 3 rings (SSSR count). The van der Waals surface area contributed by atoms with Crippen molar-refractivity contribution in [3.63, 3.8) is 0 Å². The highest BCUT2D eigenvalue weighted by molar-refractivity contribution is 7.98. The van der Waals surface area contributed by atoms with Crippen molar-refractivity contribution in [3.8, 4) is 11.1 Å². The molecule has 6 nitrogen and oxygen atoms in total. The molecule has 2 unspecified atom stereocenters. The Labute approximate surface area is 225 Å². The number of thioether (sulfide) groups is 1. The van der Waals surface area contributed by atoms with E-state index in [1.165, 1.54) is 32.1 Å². The van der Waals surface area contributed by atoms with Gasteiger partial charge >= 0.3 is 5.97 Å². The molecule has 2 N–H and O–H groups in total. The highest BCUT2D eigenvalue weighted by Gasteiger charge is 2.23. The minimum atomic E-state index is -1.02. The van der Waals surface area contributed by atoms with Gasteiger partial charge in [0.05, 0.1) is 19.3 Å². The lowest BCUT2D eigenvalue weighted by molar-refractivity contribution is -0.139. The topological polar surface area (TPSA) is 84.9 Å². The van der Waals surface area contributed by atoms with E-state index in [1.54, 1.807) is 24.9 Å². The largest absolute Gasteiger partial charge is 0.480 e. The molecule has 0 bridgehead atoms. The summed E-state index contributed by atoms with van der Waals surface area (Å²) in [6.07, 6.45) is 9.79. The molecule has 7 heteroatoms. The average Bonchev–Trinajstić information content (AvgIpc) is 2.90. The molecule has 1 saturated carbocycles. The number of benzene rings is 2. The number of amides is 1. The van der Waals surface area contributed by atoms with Gasteiger partial charge in [-0.15, -0.1) is 0 Å². The van der Waals surface area contributed by atoms with Gasteiger partial charge in [-0.2, -0.15) is 11.8 Å². The summed E-state index contributed by atoms with van der Waals surface area (Å²) in [6, 6.07) is 12.7. The monoisotopic (exact) mass is 527 g/mol. The van der Waals surface area contributed by atoms with Crippen LogP contribution >= 0.6 is 11.8 Å². The first-order valence-corrected chi connectivity index (χ1v) is 14.6. The van der Waals surface area contributed by atoms with Gasteiger partial charge in [-0.1, -0.05) is 62.4 Å². The van der Waals surface area contributed by atoms with Crippen LogP contribution in [0.3, 0.4) is 0 Å². The molecule has 1 fully saturated rings. The lowest BCUT2D eigenvalue weighted by Crippen LogP contribution is -2.41. The standard InChI is InChI=1S/C30H41NO5S/c1-21-9-7-8-12-25(21)27-18-23(19-36-24(20-35-2)17-22-10-5-4-6-11-22)13-14-26(27)29(32)31-28(30(33)34)15-16-37-3/h7-9,12-14,18,22,24,28H,4-6,10-11,15-17,19-20H2,1-3H3,(H,31,32)(H,33,34). The van der Waals surface area contributed by atoms with Gasteiger partial charge < -0.3 is 19.9 Å². The van der Waals surface area contributed by atoms with Crippen molar-refractivity contribution in [2.75, 3.05) is 25.7 Å². The number of ether oxygens (including phenoxy) is 2. The molecule has 37 heavy (non-hydrogen) atoms. The number of carbonyl (C=O) groups excluding carboxylic acids is 1. The lowest BCUT2D eigenvalue weighted by Gasteiger charge is -2.26. The van der Waals surface area contributed by atoms with Crippen LogP contribution in [0.4, 0.5) is 0 Å². The fourth-order valence-corrected chi connectivity index (χ4v) is 5.56. The predicted molar refractivity (Wildman–Crippen MR) is 150 cm³/mol. The highest BCUT2D eigenvalue weighted by Crippen LogP contribution is 2.30. The van der Waals surface area contributed by atoms with Crippen molar-refractivity contribution >= 4 is 23.6 Å². The maximum absolute atomic E-state index is 13.3. The van der Waals surface area contributed by atoms with Gasteiger partial charge in [0.15, 0.2) is 0 Å². The van der Waals surface area contributed by atoms with Crippen LogP contribution in [0.1, 0.15) is 66.4 Å². The van der Waals surface area contributed by atoms with Crippen LogP contribution in [-0.2, 0) is 20.9 Å². The van der Waals surface area contributed by atoms with E-state index in [9.17, 15) is 14.7 Å². The molecule has 0 aromatic heterocycles. The molecule has 0 heterocycles. The van der Waals surface area contributed by atoms with E-state index >= 15 is 0 Å². The molecule has 1 aliphatic rings. The van der Waals surface area contributed by atoms with Gasteiger partial charge in [0.25, 0.3) is 5.91 Å². The molecule has 0 aliphatic heterocycles. The van der Waals surface area contributed by atoms with Crippen molar-refractivity contribution in [1.29, 1.82) is 0 Å². The van der Waals surface area contributed by atoms with Crippen LogP contribution in [0.15, 0.2) is 42.5 Å². The second kappa shape index (κ2) is 15.2. The van der Waals surface area contributed by atoms with Crippen molar-refractivity contribution < 1.29 is 24.2 Å². The quantitative estimate of drug-likeness (QED) is 0.309. The molecule has 2 atom stereocenters. The third-order valence-corrected chi connectivity index (χ3v) is 7.78. The van der Waals surface area contributed by atoms with E-state index < -0.39 is 12.0 Å². The minimum Gasteiger partial charge on any atom is -0.480 e. The van der Waals surface area contributed by atoms with E-state index in [0.29, 0.717) is 36.9 Å². The van der Waals surface area contributed by atoms with Gasteiger partial charge in [0, 0.05) is 12.7 Å². The Morgan fingerprint density at radius 1 is 1.11 bits per heavy atom. The summed E-state index contributed by atoms with van der Waals surface area (Å²) in [7, 11) is 1.71. The van der Waals surface area contributed by atoms with Crippen molar-refractivity contribution in [2.45, 2.75) is 70.6 Å². The number of hydrogen-bond acceptors (Lipinski definition) is 5. The van der Waals surface area contributed by atoms with Gasteiger partial charge in [0.1, 0.15) is 6.04 Å². The number of hydrogen-bond donors (Lipinski definition) is 2. The number of nitrogens with one attached hydrogen (secondary N) is 1. The van der Waals surface area contributed by atoms with Gasteiger partial charge in [-0.05, 0) is 72.1 Å². The molecule has 0 saturated heterocycles. The van der Waals surface area contributed by atoms with E-state index in [4.69, 9.17) is 9.47 Å². The number of aryl methyl sites for hydroxylation is 1. The molecule has 202 valence electrons. The van der Waals surface area contributed by atoms with E-state index in [0.717, 1.165) is 28.7 Å². The zero-order chi connectivity index (χ0) is 26.6. The highest BCUT2D eigenvalue weighted by atomic mass is 32.2. The van der Waals surface area contributed by atoms with Crippen LogP contribution in [0.25, 0.3) is 11.1 Å². The number of carbonyl (C=O) groups is 2. The van der Waals surface area contributed by atoms with Crippen LogP contribution < -0.4 is 5.32 Å². The first-order valence-electron chi connectivity index (χ1n) is 13.2. The Morgan fingerprint density at radius 3 is 2.54 bits per heavy atom. The Bertz CT molecular complexity index is 1020. The number of methoxy groups -OCH3 is 1. The van der Waals surface area contributed by atoms with Crippen LogP contribution in [0.5, 0.6) is 0 Å². The van der Waals surface area contributed by atoms with Crippen molar-refractivity contribution in [1.82, 2.24) is 5.32 Å². The summed E-state index contributed by atoms with van der Waals surface area (Å²) in [6.45, 7) is 3.00. The SMILES string of the molecule is COCC(CC1CCCCC1)OCc1ccc(C(=O)NC(CCSC)C(=O)O)c(-c2ccccc2C)c1. The molecule has 2 aromatic carbocycles. The Balaban J connectivity index is 1.82. The Morgan fingerprint density at radius 2 is 1.86 bits per heavy atom. The molecule has 1 amide bonds. The van der Waals surface area contributed by atoms with Crippen LogP contribution in [-0.4, -0.2) is 54.9 Å². The van der Waals surface area contributed by atoms with E-state index in [2.05, 4.69) is 5.32 Å². The first kappa shape index (κ1) is 29.2. The Kier molecular flexibility index (Phi) is 12.0. The van der Waals surface area contributed by atoms with Gasteiger partial charge in [-0.25, -0.2) is 4.79 Å². The minimum absolute atomic E-state index is 0.0331. The molecule has 0 radical (unpaired) electrons. The average molecular weight is 528 g/mol. The van der Waals surface area contributed by atoms with Gasteiger partial charge in [-0.3, -0.25) is 4.79 Å². The summed E-state index contributed by atoms with van der Waals surface area (Å²) in [5, 5.41) is 12.3. The van der Waals surface area contributed by atoms with Crippen LogP contribution in [0, 0.1) is 12.8 Å². The van der Waals surface area contributed by atoms with Crippen molar-refractivity contribution in [2.24, 2.45) is 5.92 Å². The van der Waals surface area contributed by atoms with Crippen molar-refractivity contribution in [3.05, 3.63) is 59.2 Å². The molecular formula is C30H41NO5S. The maximum atomic E-state index is 13.3. The third-order valence-electron chi connectivity index (χ3n) is 7.14. The number of carboxylic acids is 1. The third kappa shape index (κ3) is 8.87. The normalized spacial score (nSPS) is 15.8. The Hall–Kier alpha value is -2.35. The zero-order valence-electron chi connectivity index (χ0n) is 22.3. The summed E-state index contributed by atoms with van der Waals surface area (Å²) >= 11 is 1.56. The van der Waals surface area contributed by atoms with E-state index in [1.807, 2.05) is 49.6 Å². The van der Waals surface area contributed by atoms with Gasteiger partial charge in [0.2, 0.25) is 0 Å². The molecule has 2 aromatic rings. The predicted octanol–water partition coefficient (Wildman–Crippen LogP) is 6.10.